The van der Waals surface area contributed by atoms with Crippen LogP contribution in [0.3, 0.4) is 0 Å². The first-order chi connectivity index (χ1) is 8.39. The highest BCUT2D eigenvalue weighted by Gasteiger charge is 2.31. The molecule has 2 N–H and O–H groups in total. The molecular weight excluding hydrogens is 256 g/mol. The minimum Gasteiger partial charge on any atom is -0.476 e. The summed E-state index contributed by atoms with van der Waals surface area (Å²) in [5, 5.41) is 20.1. The molecule has 0 bridgehead atoms. The van der Waals surface area contributed by atoms with Gasteiger partial charge in [-0.15, -0.1) is 11.3 Å². The fraction of sp³-hybridized carbons (Fsp3) is 0.545. The van der Waals surface area contributed by atoms with E-state index in [1.54, 1.807) is 11.8 Å². The van der Waals surface area contributed by atoms with E-state index in [2.05, 4.69) is 4.98 Å². The number of hydrogen-bond donors (Lipinski definition) is 2. The predicted octanol–water partition coefficient (Wildman–Crippen LogP) is 0.828. The number of likely N-dealkylation sites (tertiary alicyclic amines) is 1. The molecule has 1 amide bonds. The maximum Gasteiger partial charge on any atom is 0.355 e. The Morgan fingerprint density at radius 2 is 2.06 bits per heavy atom. The van der Waals surface area contributed by atoms with Gasteiger partial charge in [-0.25, -0.2) is 9.78 Å². The van der Waals surface area contributed by atoms with Gasteiger partial charge in [0.1, 0.15) is 0 Å². The molecule has 2 heterocycles. The van der Waals surface area contributed by atoms with Gasteiger partial charge in [-0.2, -0.15) is 0 Å². The van der Waals surface area contributed by atoms with Crippen molar-refractivity contribution >= 4 is 23.2 Å². The van der Waals surface area contributed by atoms with Crippen molar-refractivity contribution in [2.24, 2.45) is 0 Å². The van der Waals surface area contributed by atoms with Gasteiger partial charge in [-0.3, -0.25) is 4.79 Å². The van der Waals surface area contributed by atoms with E-state index in [9.17, 15) is 14.7 Å². The number of carboxylic acids is 1. The van der Waals surface area contributed by atoms with Gasteiger partial charge in [0.25, 0.3) is 5.91 Å². The van der Waals surface area contributed by atoms with Crippen LogP contribution >= 0.6 is 11.3 Å². The minimum absolute atomic E-state index is 0.104. The summed E-state index contributed by atoms with van der Waals surface area (Å²) < 4.78 is 0. The predicted molar refractivity (Wildman–Crippen MR) is 64.8 cm³/mol. The lowest BCUT2D eigenvalue weighted by atomic mass is 9.94. The number of thiazole rings is 1. The van der Waals surface area contributed by atoms with Crippen LogP contribution in [0.25, 0.3) is 0 Å². The Kier molecular flexibility index (Phi) is 3.36. The molecule has 0 spiro atoms. The fourth-order valence-corrected chi connectivity index (χ4v) is 2.55. The molecule has 6 nitrogen and oxygen atoms in total. The van der Waals surface area contributed by atoms with E-state index in [4.69, 9.17) is 5.11 Å². The third kappa shape index (κ3) is 2.68. The SMILES string of the molecule is CC1(O)CCN(C(=O)c2nc(C(=O)O)cs2)CC1. The molecule has 0 atom stereocenters. The normalized spacial score (nSPS) is 18.7. The van der Waals surface area contributed by atoms with Crippen molar-refractivity contribution in [1.29, 1.82) is 0 Å². The minimum atomic E-state index is -1.13. The number of amides is 1. The number of carboxylic acid groups (broad SMARTS) is 1. The van der Waals surface area contributed by atoms with Crippen LogP contribution in [0, 0.1) is 0 Å². The second kappa shape index (κ2) is 4.66. The summed E-state index contributed by atoms with van der Waals surface area (Å²) in [5.74, 6) is -1.39. The first-order valence-corrected chi connectivity index (χ1v) is 6.47. The van der Waals surface area contributed by atoms with E-state index in [0.717, 1.165) is 11.3 Å². The lowest BCUT2D eigenvalue weighted by molar-refractivity contribution is -0.00203. The molecule has 1 saturated heterocycles. The molecule has 1 fully saturated rings. The van der Waals surface area contributed by atoms with Crippen LogP contribution in [0.2, 0.25) is 0 Å². The Bertz CT molecular complexity index is 473. The van der Waals surface area contributed by atoms with E-state index >= 15 is 0 Å². The average molecular weight is 270 g/mol. The number of aromatic nitrogens is 1. The summed E-state index contributed by atoms with van der Waals surface area (Å²) in [7, 11) is 0. The van der Waals surface area contributed by atoms with Crippen molar-refractivity contribution in [2.75, 3.05) is 13.1 Å². The zero-order valence-electron chi connectivity index (χ0n) is 9.92. The van der Waals surface area contributed by atoms with Crippen molar-refractivity contribution in [3.8, 4) is 0 Å². The van der Waals surface area contributed by atoms with Gasteiger partial charge in [0, 0.05) is 18.5 Å². The number of carbonyl (C=O) groups excluding carboxylic acids is 1. The summed E-state index contributed by atoms with van der Waals surface area (Å²) in [6.45, 7) is 2.68. The molecule has 18 heavy (non-hydrogen) atoms. The molecule has 98 valence electrons. The molecule has 1 aromatic rings. The van der Waals surface area contributed by atoms with E-state index in [0.29, 0.717) is 25.9 Å². The highest BCUT2D eigenvalue weighted by molar-refractivity contribution is 7.11. The quantitative estimate of drug-likeness (QED) is 0.830. The lowest BCUT2D eigenvalue weighted by Gasteiger charge is -2.35. The molecule has 2 rings (SSSR count). The second-order valence-corrected chi connectivity index (χ2v) is 5.49. The van der Waals surface area contributed by atoms with Gasteiger partial charge in [-0.05, 0) is 19.8 Å². The van der Waals surface area contributed by atoms with Crippen LogP contribution in [0.5, 0.6) is 0 Å². The Morgan fingerprint density at radius 3 is 2.56 bits per heavy atom. The van der Waals surface area contributed by atoms with Crippen LogP contribution in [0.4, 0.5) is 0 Å². The average Bonchev–Trinajstić information content (AvgIpc) is 2.77. The van der Waals surface area contributed by atoms with Gasteiger partial charge in [0.05, 0.1) is 5.60 Å². The number of aliphatic hydroxyl groups is 1. The summed E-state index contributed by atoms with van der Waals surface area (Å²) >= 11 is 1.03. The number of hydrogen-bond acceptors (Lipinski definition) is 5. The van der Waals surface area contributed by atoms with Crippen LogP contribution < -0.4 is 0 Å². The zero-order valence-corrected chi connectivity index (χ0v) is 10.7. The number of aromatic carboxylic acids is 1. The highest BCUT2D eigenvalue weighted by atomic mass is 32.1. The molecule has 1 aliphatic rings. The smallest absolute Gasteiger partial charge is 0.355 e. The summed E-state index contributed by atoms with van der Waals surface area (Å²) in [5.41, 5.74) is -0.821. The first kappa shape index (κ1) is 13.0. The monoisotopic (exact) mass is 270 g/mol. The third-order valence-corrected chi connectivity index (χ3v) is 3.86. The van der Waals surface area contributed by atoms with Crippen molar-refractivity contribution in [2.45, 2.75) is 25.4 Å². The topological polar surface area (TPSA) is 90.7 Å². The van der Waals surface area contributed by atoms with E-state index in [1.807, 2.05) is 0 Å². The molecule has 0 radical (unpaired) electrons. The van der Waals surface area contributed by atoms with Crippen molar-refractivity contribution in [1.82, 2.24) is 9.88 Å². The van der Waals surface area contributed by atoms with Gasteiger partial charge >= 0.3 is 5.97 Å². The Hall–Kier alpha value is -1.47. The third-order valence-electron chi connectivity index (χ3n) is 3.03. The standard InChI is InChI=1S/C11H14N2O4S/c1-11(17)2-4-13(5-3-11)9(14)8-12-7(6-18-8)10(15)16/h6,17H,2-5H2,1H3,(H,15,16). The van der Waals surface area contributed by atoms with Crippen molar-refractivity contribution in [3.63, 3.8) is 0 Å². The van der Waals surface area contributed by atoms with Gasteiger partial charge in [0.2, 0.25) is 0 Å². The van der Waals surface area contributed by atoms with Crippen LogP contribution in [-0.4, -0.2) is 50.7 Å². The fourth-order valence-electron chi connectivity index (χ4n) is 1.80. The van der Waals surface area contributed by atoms with Gasteiger partial charge in [0.15, 0.2) is 10.7 Å². The molecule has 0 unspecified atom stereocenters. The molecular formula is C11H14N2O4S. The summed E-state index contributed by atoms with van der Waals surface area (Å²) in [6, 6.07) is 0. The zero-order chi connectivity index (χ0) is 13.3. The molecule has 0 aliphatic carbocycles. The van der Waals surface area contributed by atoms with Crippen LogP contribution in [0.15, 0.2) is 5.38 Å². The Balaban J connectivity index is 2.05. The Morgan fingerprint density at radius 1 is 1.44 bits per heavy atom. The van der Waals surface area contributed by atoms with Crippen molar-refractivity contribution < 1.29 is 19.8 Å². The Labute approximate surface area is 108 Å². The van der Waals surface area contributed by atoms with Gasteiger partial charge < -0.3 is 15.1 Å². The highest BCUT2D eigenvalue weighted by Crippen LogP contribution is 2.23. The maximum atomic E-state index is 12.0. The largest absolute Gasteiger partial charge is 0.476 e. The summed E-state index contributed by atoms with van der Waals surface area (Å²) in [6.07, 6.45) is 1.05. The number of carbonyl (C=O) groups is 2. The van der Waals surface area contributed by atoms with Crippen LogP contribution in [0.1, 0.15) is 40.1 Å². The molecule has 7 heteroatoms. The van der Waals surface area contributed by atoms with E-state index in [-0.39, 0.29) is 16.6 Å². The first-order valence-electron chi connectivity index (χ1n) is 5.59. The number of piperidine rings is 1. The van der Waals surface area contributed by atoms with Gasteiger partial charge in [-0.1, -0.05) is 0 Å². The molecule has 1 aliphatic heterocycles. The van der Waals surface area contributed by atoms with Crippen molar-refractivity contribution in [3.05, 3.63) is 16.1 Å². The van der Waals surface area contributed by atoms with E-state index < -0.39 is 11.6 Å². The number of nitrogens with zero attached hydrogens (tertiary/aromatic N) is 2. The summed E-state index contributed by atoms with van der Waals surface area (Å²) in [4.78, 5) is 28.1. The molecule has 1 aromatic heterocycles. The van der Waals surface area contributed by atoms with Crippen LogP contribution in [-0.2, 0) is 0 Å². The molecule has 0 saturated carbocycles. The molecule has 0 aromatic carbocycles. The number of rotatable bonds is 2. The lowest BCUT2D eigenvalue weighted by Crippen LogP contribution is -2.45. The maximum absolute atomic E-state index is 12.0. The van der Waals surface area contributed by atoms with E-state index in [1.165, 1.54) is 5.38 Å². The second-order valence-electron chi connectivity index (χ2n) is 4.63.